The Hall–Kier alpha value is -2.07. The van der Waals surface area contributed by atoms with Gasteiger partial charge in [-0.1, -0.05) is 43.9 Å². The quantitative estimate of drug-likeness (QED) is 0.621. The van der Waals surface area contributed by atoms with Crippen LogP contribution in [0, 0.1) is 5.82 Å². The first-order valence-electron chi connectivity index (χ1n) is 8.10. The maximum Gasteiger partial charge on any atom is 0.260 e. The lowest BCUT2D eigenvalue weighted by atomic mass is 10.2. The number of halogens is 2. The molecule has 0 spiro atoms. The summed E-state index contributed by atoms with van der Waals surface area (Å²) in [7, 11) is 0. The first-order chi connectivity index (χ1) is 11.6. The molecule has 0 aromatic heterocycles. The van der Waals surface area contributed by atoms with Gasteiger partial charge < -0.3 is 10.1 Å². The molecule has 1 N–H and O–H groups in total. The number of nitrogens with one attached hydrogen (secondary N) is 1. The molecule has 0 aliphatic carbocycles. The number of hydrogen-bond donors (Lipinski definition) is 1. The SMILES string of the molecule is CCCCCCOc1ccc(NC(=O)c2c(F)cccc2Cl)cc1. The van der Waals surface area contributed by atoms with Crippen LogP contribution >= 0.6 is 11.6 Å². The molecule has 0 fully saturated rings. The topological polar surface area (TPSA) is 38.3 Å². The molecule has 0 aliphatic heterocycles. The van der Waals surface area contributed by atoms with Crippen molar-refractivity contribution < 1.29 is 13.9 Å². The summed E-state index contributed by atoms with van der Waals surface area (Å²) < 4.78 is 19.4. The van der Waals surface area contributed by atoms with Gasteiger partial charge in [0, 0.05) is 5.69 Å². The van der Waals surface area contributed by atoms with Gasteiger partial charge in [0.25, 0.3) is 5.91 Å². The predicted molar refractivity (Wildman–Crippen MR) is 95.4 cm³/mol. The maximum absolute atomic E-state index is 13.7. The van der Waals surface area contributed by atoms with E-state index in [9.17, 15) is 9.18 Å². The van der Waals surface area contributed by atoms with E-state index >= 15 is 0 Å². The van der Waals surface area contributed by atoms with Gasteiger partial charge in [0.15, 0.2) is 0 Å². The number of hydrogen-bond acceptors (Lipinski definition) is 2. The lowest BCUT2D eigenvalue weighted by Gasteiger charge is -2.09. The van der Waals surface area contributed by atoms with Crippen LogP contribution < -0.4 is 10.1 Å². The van der Waals surface area contributed by atoms with Gasteiger partial charge in [-0.15, -0.1) is 0 Å². The van der Waals surface area contributed by atoms with E-state index in [1.807, 2.05) is 0 Å². The van der Waals surface area contributed by atoms with Crippen molar-refractivity contribution in [2.24, 2.45) is 0 Å². The van der Waals surface area contributed by atoms with Gasteiger partial charge in [0.1, 0.15) is 11.6 Å². The van der Waals surface area contributed by atoms with Gasteiger partial charge in [0.2, 0.25) is 0 Å². The zero-order chi connectivity index (χ0) is 17.4. The number of rotatable bonds is 8. The second kappa shape index (κ2) is 9.28. The van der Waals surface area contributed by atoms with Crippen molar-refractivity contribution in [2.75, 3.05) is 11.9 Å². The van der Waals surface area contributed by atoms with Crippen molar-refractivity contribution >= 4 is 23.2 Å². The molecule has 0 bridgehead atoms. The molecular weight excluding hydrogens is 329 g/mol. The minimum Gasteiger partial charge on any atom is -0.494 e. The highest BCUT2D eigenvalue weighted by Gasteiger charge is 2.15. The van der Waals surface area contributed by atoms with Crippen LogP contribution in [0.25, 0.3) is 0 Å². The van der Waals surface area contributed by atoms with E-state index in [0.29, 0.717) is 12.3 Å². The van der Waals surface area contributed by atoms with Crippen LogP contribution in [-0.2, 0) is 0 Å². The number of amides is 1. The number of unbranched alkanes of at least 4 members (excludes halogenated alkanes) is 3. The molecule has 0 heterocycles. The van der Waals surface area contributed by atoms with Crippen molar-refractivity contribution in [1.29, 1.82) is 0 Å². The van der Waals surface area contributed by atoms with Crippen LogP contribution in [0.15, 0.2) is 42.5 Å². The molecule has 1 amide bonds. The molecule has 128 valence electrons. The summed E-state index contributed by atoms with van der Waals surface area (Å²) >= 11 is 5.89. The Kier molecular flexibility index (Phi) is 7.07. The van der Waals surface area contributed by atoms with Crippen molar-refractivity contribution in [3.63, 3.8) is 0 Å². The largest absolute Gasteiger partial charge is 0.494 e. The molecule has 5 heteroatoms. The first-order valence-corrected chi connectivity index (χ1v) is 8.48. The standard InChI is InChI=1S/C19H21ClFNO2/c1-2-3-4-5-13-24-15-11-9-14(10-12-15)22-19(23)18-16(20)7-6-8-17(18)21/h6-12H,2-5,13H2,1H3,(H,22,23). The fourth-order valence-electron chi connectivity index (χ4n) is 2.26. The Labute approximate surface area is 146 Å². The Morgan fingerprint density at radius 3 is 2.54 bits per heavy atom. The van der Waals surface area contributed by atoms with E-state index in [-0.39, 0.29) is 10.6 Å². The van der Waals surface area contributed by atoms with Crippen LogP contribution in [0.4, 0.5) is 10.1 Å². The zero-order valence-electron chi connectivity index (χ0n) is 13.6. The summed E-state index contributed by atoms with van der Waals surface area (Å²) in [6.07, 6.45) is 4.60. The number of ether oxygens (including phenoxy) is 1. The van der Waals surface area contributed by atoms with Crippen molar-refractivity contribution in [1.82, 2.24) is 0 Å². The number of carbonyl (C=O) groups is 1. The van der Waals surface area contributed by atoms with Crippen LogP contribution in [-0.4, -0.2) is 12.5 Å². The molecule has 2 aromatic rings. The Morgan fingerprint density at radius 1 is 1.12 bits per heavy atom. The lowest BCUT2D eigenvalue weighted by molar-refractivity contribution is 0.102. The average Bonchev–Trinajstić information content (AvgIpc) is 2.56. The fraction of sp³-hybridized carbons (Fsp3) is 0.316. The van der Waals surface area contributed by atoms with Gasteiger partial charge in [-0.2, -0.15) is 0 Å². The Morgan fingerprint density at radius 2 is 1.88 bits per heavy atom. The maximum atomic E-state index is 13.7. The van der Waals surface area contributed by atoms with E-state index in [1.165, 1.54) is 31.0 Å². The minimum atomic E-state index is -0.646. The second-order valence-electron chi connectivity index (χ2n) is 5.48. The van der Waals surface area contributed by atoms with Gasteiger partial charge in [0.05, 0.1) is 17.2 Å². The molecule has 0 saturated heterocycles. The highest BCUT2D eigenvalue weighted by atomic mass is 35.5. The Bertz CT molecular complexity index is 653. The monoisotopic (exact) mass is 349 g/mol. The lowest BCUT2D eigenvalue weighted by Crippen LogP contribution is -2.14. The molecule has 3 nitrogen and oxygen atoms in total. The van der Waals surface area contributed by atoms with Crippen molar-refractivity contribution in [2.45, 2.75) is 32.6 Å². The average molecular weight is 350 g/mol. The van der Waals surface area contributed by atoms with E-state index in [0.717, 1.165) is 18.6 Å². The molecule has 2 rings (SSSR count). The second-order valence-corrected chi connectivity index (χ2v) is 5.89. The highest BCUT2D eigenvalue weighted by molar-refractivity contribution is 6.34. The summed E-state index contributed by atoms with van der Waals surface area (Å²) in [6, 6.07) is 11.1. The summed E-state index contributed by atoms with van der Waals surface area (Å²) in [5, 5.41) is 2.72. The van der Waals surface area contributed by atoms with Crippen LogP contribution in [0.3, 0.4) is 0 Å². The smallest absolute Gasteiger partial charge is 0.260 e. The third kappa shape index (κ3) is 5.24. The van der Waals surface area contributed by atoms with Crippen molar-refractivity contribution in [3.05, 3.63) is 58.9 Å². The van der Waals surface area contributed by atoms with Crippen molar-refractivity contribution in [3.8, 4) is 5.75 Å². The third-order valence-corrected chi connectivity index (χ3v) is 3.88. The predicted octanol–water partition coefficient (Wildman–Crippen LogP) is 5.69. The van der Waals surface area contributed by atoms with E-state index in [2.05, 4.69) is 12.2 Å². The number of carbonyl (C=O) groups excluding carboxylic acids is 1. The molecular formula is C19H21ClFNO2. The molecule has 24 heavy (non-hydrogen) atoms. The van der Waals surface area contributed by atoms with Crippen LogP contribution in [0.1, 0.15) is 43.0 Å². The van der Waals surface area contributed by atoms with Gasteiger partial charge in [-0.25, -0.2) is 4.39 Å². The number of anilines is 1. The highest BCUT2D eigenvalue weighted by Crippen LogP contribution is 2.22. The summed E-state index contributed by atoms with van der Waals surface area (Å²) in [4.78, 5) is 12.1. The van der Waals surface area contributed by atoms with Gasteiger partial charge >= 0.3 is 0 Å². The molecule has 0 saturated carbocycles. The fourth-order valence-corrected chi connectivity index (χ4v) is 2.51. The molecule has 0 unspecified atom stereocenters. The Balaban J connectivity index is 1.90. The van der Waals surface area contributed by atoms with E-state index < -0.39 is 11.7 Å². The minimum absolute atomic E-state index is 0.0829. The summed E-state index contributed by atoms with van der Waals surface area (Å²) in [5.74, 6) is -0.480. The summed E-state index contributed by atoms with van der Waals surface area (Å²) in [6.45, 7) is 2.85. The molecule has 0 aliphatic rings. The normalized spacial score (nSPS) is 10.5. The third-order valence-electron chi connectivity index (χ3n) is 3.57. The van der Waals surface area contributed by atoms with Crippen LogP contribution in [0.5, 0.6) is 5.75 Å². The van der Waals surface area contributed by atoms with Crippen LogP contribution in [0.2, 0.25) is 5.02 Å². The zero-order valence-corrected chi connectivity index (χ0v) is 14.4. The molecule has 2 aromatic carbocycles. The molecule has 0 radical (unpaired) electrons. The van der Waals surface area contributed by atoms with Gasteiger partial charge in [-0.05, 0) is 42.8 Å². The molecule has 0 atom stereocenters. The number of benzene rings is 2. The van der Waals surface area contributed by atoms with Gasteiger partial charge in [-0.3, -0.25) is 4.79 Å². The van der Waals surface area contributed by atoms with E-state index in [4.69, 9.17) is 16.3 Å². The first kappa shape index (κ1) is 18.3. The summed E-state index contributed by atoms with van der Waals surface area (Å²) in [5.41, 5.74) is 0.396. The van der Waals surface area contributed by atoms with E-state index in [1.54, 1.807) is 24.3 Å².